The highest BCUT2D eigenvalue weighted by Gasteiger charge is 2.29. The quantitative estimate of drug-likeness (QED) is 0.844. The highest BCUT2D eigenvalue weighted by atomic mass is 19.1. The Labute approximate surface area is 90.7 Å². The Morgan fingerprint density at radius 1 is 1.38 bits per heavy atom. The molecule has 1 aromatic carbocycles. The first-order chi connectivity index (χ1) is 7.75. The van der Waals surface area contributed by atoms with Crippen LogP contribution in [0, 0.1) is 5.82 Å². The van der Waals surface area contributed by atoms with Crippen molar-refractivity contribution in [1.29, 1.82) is 0 Å². The van der Waals surface area contributed by atoms with E-state index in [9.17, 15) is 9.50 Å². The molecular weight excluding hydrogens is 211 g/mol. The van der Waals surface area contributed by atoms with Crippen molar-refractivity contribution in [2.75, 3.05) is 0 Å². The van der Waals surface area contributed by atoms with Gasteiger partial charge in [0.25, 0.3) is 5.89 Å². The van der Waals surface area contributed by atoms with Gasteiger partial charge in [-0.25, -0.2) is 4.39 Å². The van der Waals surface area contributed by atoms with Gasteiger partial charge < -0.3 is 9.63 Å². The van der Waals surface area contributed by atoms with E-state index >= 15 is 0 Å². The van der Waals surface area contributed by atoms with Crippen molar-refractivity contribution in [2.24, 2.45) is 0 Å². The number of hydrogen-bond donors (Lipinski definition) is 1. The van der Waals surface area contributed by atoms with E-state index in [4.69, 9.17) is 4.52 Å². The Kier molecular flexibility index (Phi) is 1.92. The van der Waals surface area contributed by atoms with E-state index in [0.29, 0.717) is 11.7 Å². The number of aromatic hydroxyl groups is 1. The summed E-state index contributed by atoms with van der Waals surface area (Å²) in [5, 5.41) is 13.3. The summed E-state index contributed by atoms with van der Waals surface area (Å²) in [6, 6.07) is 4.06. The smallest absolute Gasteiger partial charge is 0.264 e. The third kappa shape index (κ3) is 1.44. The molecule has 1 aliphatic carbocycles. The Bertz CT molecular complexity index is 514. The second-order valence-corrected chi connectivity index (χ2v) is 3.87. The lowest BCUT2D eigenvalue weighted by atomic mass is 10.2. The van der Waals surface area contributed by atoms with E-state index in [1.807, 2.05) is 0 Å². The molecule has 2 aromatic rings. The van der Waals surface area contributed by atoms with E-state index in [2.05, 4.69) is 10.1 Å². The van der Waals surface area contributed by atoms with Gasteiger partial charge in [0.1, 0.15) is 17.1 Å². The van der Waals surface area contributed by atoms with Crippen LogP contribution in [0.5, 0.6) is 5.75 Å². The Morgan fingerprint density at radius 3 is 2.88 bits per heavy atom. The minimum atomic E-state index is -0.564. The molecule has 1 aromatic heterocycles. The molecule has 3 rings (SSSR count). The van der Waals surface area contributed by atoms with Crippen LogP contribution in [0.2, 0.25) is 0 Å². The normalized spacial score (nSPS) is 15.3. The van der Waals surface area contributed by atoms with Crippen molar-refractivity contribution in [1.82, 2.24) is 10.1 Å². The van der Waals surface area contributed by atoms with Crippen molar-refractivity contribution < 1.29 is 14.0 Å². The number of rotatable bonds is 2. The number of nitrogens with zero attached hydrogens (tertiary/aromatic N) is 2. The van der Waals surface area contributed by atoms with Gasteiger partial charge in [-0.3, -0.25) is 0 Å². The van der Waals surface area contributed by atoms with E-state index in [0.717, 1.165) is 12.8 Å². The van der Waals surface area contributed by atoms with Crippen LogP contribution in [-0.2, 0) is 0 Å². The van der Waals surface area contributed by atoms with Gasteiger partial charge in [-0.05, 0) is 25.0 Å². The predicted molar refractivity (Wildman–Crippen MR) is 53.3 cm³/mol. The average molecular weight is 220 g/mol. The third-order valence-corrected chi connectivity index (χ3v) is 2.59. The first-order valence-corrected chi connectivity index (χ1v) is 5.07. The van der Waals surface area contributed by atoms with Crippen LogP contribution in [0.25, 0.3) is 11.5 Å². The molecule has 0 unspecified atom stereocenters. The summed E-state index contributed by atoms with van der Waals surface area (Å²) in [5.74, 6) is 0.221. The van der Waals surface area contributed by atoms with Crippen LogP contribution in [0.3, 0.4) is 0 Å². The largest absolute Gasteiger partial charge is 0.507 e. The second kappa shape index (κ2) is 3.30. The lowest BCUT2D eigenvalue weighted by Gasteiger charge is -1.99. The number of benzene rings is 1. The molecule has 0 aliphatic heterocycles. The fraction of sp³-hybridized carbons (Fsp3) is 0.273. The van der Waals surface area contributed by atoms with Crippen molar-refractivity contribution in [2.45, 2.75) is 18.8 Å². The van der Waals surface area contributed by atoms with Gasteiger partial charge in [0.15, 0.2) is 5.82 Å². The fourth-order valence-electron chi connectivity index (χ4n) is 1.57. The highest BCUT2D eigenvalue weighted by molar-refractivity contribution is 5.62. The molecule has 1 aliphatic rings. The van der Waals surface area contributed by atoms with Crippen LogP contribution >= 0.6 is 0 Å². The molecule has 0 saturated heterocycles. The first-order valence-electron chi connectivity index (χ1n) is 5.07. The second-order valence-electron chi connectivity index (χ2n) is 3.87. The van der Waals surface area contributed by atoms with Crippen LogP contribution in [0.4, 0.5) is 4.39 Å². The molecule has 16 heavy (non-hydrogen) atoms. The monoisotopic (exact) mass is 220 g/mol. The molecule has 1 N–H and O–H groups in total. The van der Waals surface area contributed by atoms with Gasteiger partial charge in [0, 0.05) is 5.92 Å². The maximum absolute atomic E-state index is 13.5. The van der Waals surface area contributed by atoms with Gasteiger partial charge in [0.2, 0.25) is 0 Å². The molecule has 82 valence electrons. The van der Waals surface area contributed by atoms with Gasteiger partial charge in [-0.2, -0.15) is 4.98 Å². The summed E-state index contributed by atoms with van der Waals surface area (Å²) in [4.78, 5) is 4.09. The number of hydrogen-bond acceptors (Lipinski definition) is 4. The van der Waals surface area contributed by atoms with E-state index in [1.54, 1.807) is 0 Å². The maximum atomic E-state index is 13.5. The fourth-order valence-corrected chi connectivity index (χ4v) is 1.57. The van der Waals surface area contributed by atoms with Crippen molar-refractivity contribution >= 4 is 0 Å². The number of phenols is 1. The van der Waals surface area contributed by atoms with Gasteiger partial charge in [-0.1, -0.05) is 11.2 Å². The number of phenolic OH excluding ortho intramolecular Hbond substituents is 1. The van der Waals surface area contributed by atoms with Crippen LogP contribution in [0.15, 0.2) is 22.7 Å². The molecule has 0 radical (unpaired) electrons. The zero-order valence-corrected chi connectivity index (χ0v) is 8.35. The summed E-state index contributed by atoms with van der Waals surface area (Å²) in [5.41, 5.74) is -0.0260. The standard InChI is InChI=1S/C11H9FN2O2/c12-7-2-1-3-8(15)9(7)11-13-10(14-16-11)6-4-5-6/h1-3,6,15H,4-5H2. The lowest BCUT2D eigenvalue weighted by molar-refractivity contribution is 0.414. The van der Waals surface area contributed by atoms with Crippen LogP contribution in [0.1, 0.15) is 24.6 Å². The zero-order valence-electron chi connectivity index (χ0n) is 8.35. The van der Waals surface area contributed by atoms with Crippen molar-refractivity contribution in [3.05, 3.63) is 29.8 Å². The van der Waals surface area contributed by atoms with Gasteiger partial charge >= 0.3 is 0 Å². The Morgan fingerprint density at radius 2 is 2.19 bits per heavy atom. The highest BCUT2D eigenvalue weighted by Crippen LogP contribution is 2.39. The molecular formula is C11H9FN2O2. The van der Waals surface area contributed by atoms with Crippen LogP contribution in [-0.4, -0.2) is 15.2 Å². The molecule has 1 heterocycles. The molecule has 1 saturated carbocycles. The zero-order chi connectivity index (χ0) is 11.1. The summed E-state index contributed by atoms with van der Waals surface area (Å²) in [6.45, 7) is 0. The molecule has 0 bridgehead atoms. The lowest BCUT2D eigenvalue weighted by Crippen LogP contribution is -1.86. The Balaban J connectivity index is 2.06. The molecule has 5 heteroatoms. The van der Waals surface area contributed by atoms with Gasteiger partial charge in [0.05, 0.1) is 0 Å². The number of halogens is 1. The molecule has 0 amide bonds. The SMILES string of the molecule is Oc1cccc(F)c1-c1nc(C2CC2)no1. The molecule has 1 fully saturated rings. The predicted octanol–water partition coefficient (Wildman–Crippen LogP) is 2.46. The summed E-state index contributed by atoms with van der Waals surface area (Å²) >= 11 is 0. The van der Waals surface area contributed by atoms with Gasteiger partial charge in [-0.15, -0.1) is 0 Å². The topological polar surface area (TPSA) is 59.2 Å². The van der Waals surface area contributed by atoms with E-state index < -0.39 is 5.82 Å². The Hall–Kier alpha value is -1.91. The van der Waals surface area contributed by atoms with Crippen molar-refractivity contribution in [3.8, 4) is 17.2 Å². The average Bonchev–Trinajstić information content (AvgIpc) is 2.99. The van der Waals surface area contributed by atoms with E-state index in [1.165, 1.54) is 18.2 Å². The molecule has 0 spiro atoms. The number of aromatic nitrogens is 2. The van der Waals surface area contributed by atoms with Crippen molar-refractivity contribution in [3.63, 3.8) is 0 Å². The van der Waals surface area contributed by atoms with E-state index in [-0.39, 0.29) is 17.2 Å². The summed E-state index contributed by atoms with van der Waals surface area (Å²) < 4.78 is 18.4. The summed E-state index contributed by atoms with van der Waals surface area (Å²) in [6.07, 6.45) is 2.09. The minimum absolute atomic E-state index is 0.0260. The minimum Gasteiger partial charge on any atom is -0.507 e. The third-order valence-electron chi connectivity index (χ3n) is 2.59. The molecule has 4 nitrogen and oxygen atoms in total. The van der Waals surface area contributed by atoms with Crippen LogP contribution < -0.4 is 0 Å². The summed E-state index contributed by atoms with van der Waals surface area (Å²) in [7, 11) is 0. The first kappa shape index (κ1) is 9.33. The maximum Gasteiger partial charge on any atom is 0.264 e. The molecule has 0 atom stereocenters.